The van der Waals surface area contributed by atoms with Crippen LogP contribution in [0.3, 0.4) is 0 Å². The van der Waals surface area contributed by atoms with Crippen molar-refractivity contribution in [1.29, 1.82) is 0 Å². The highest BCUT2D eigenvalue weighted by atomic mass is 15.2. The highest BCUT2D eigenvalue weighted by Gasteiger charge is 2.16. The van der Waals surface area contributed by atoms with Crippen molar-refractivity contribution >= 4 is 0 Å². The van der Waals surface area contributed by atoms with Crippen molar-refractivity contribution in [1.82, 2.24) is 15.1 Å². The van der Waals surface area contributed by atoms with Crippen LogP contribution >= 0.6 is 0 Å². The molecule has 1 fully saturated rings. The van der Waals surface area contributed by atoms with E-state index in [0.29, 0.717) is 6.04 Å². The second-order valence-electron chi connectivity index (χ2n) is 5.23. The standard InChI is InChI=1S/C13H25N3/c1-12(2)16-7-3-13(4-8-16)11-15-9-5-14-6-10-15/h3,12,14H,4-11H2,1-2H3. The van der Waals surface area contributed by atoms with Crippen LogP contribution in [0.1, 0.15) is 20.3 Å². The van der Waals surface area contributed by atoms with Gasteiger partial charge in [0.1, 0.15) is 0 Å². The van der Waals surface area contributed by atoms with Crippen molar-refractivity contribution in [3.05, 3.63) is 11.6 Å². The summed E-state index contributed by atoms with van der Waals surface area (Å²) in [6.07, 6.45) is 3.72. The number of hydrogen-bond donors (Lipinski definition) is 1. The molecule has 2 heterocycles. The average molecular weight is 223 g/mol. The van der Waals surface area contributed by atoms with E-state index in [0.717, 1.165) is 19.6 Å². The fourth-order valence-electron chi connectivity index (χ4n) is 2.50. The van der Waals surface area contributed by atoms with Gasteiger partial charge in [-0.15, -0.1) is 0 Å². The van der Waals surface area contributed by atoms with Crippen molar-refractivity contribution in [3.8, 4) is 0 Å². The van der Waals surface area contributed by atoms with E-state index < -0.39 is 0 Å². The summed E-state index contributed by atoms with van der Waals surface area (Å²) in [5.41, 5.74) is 1.65. The highest BCUT2D eigenvalue weighted by molar-refractivity contribution is 5.10. The first-order valence-electron chi connectivity index (χ1n) is 6.61. The van der Waals surface area contributed by atoms with Gasteiger partial charge < -0.3 is 5.32 Å². The van der Waals surface area contributed by atoms with E-state index in [1.807, 2.05) is 0 Å². The molecule has 0 atom stereocenters. The van der Waals surface area contributed by atoms with Gasteiger partial charge in [-0.1, -0.05) is 11.6 Å². The Bertz CT molecular complexity index is 242. The molecule has 0 aromatic rings. The average Bonchev–Trinajstić information content (AvgIpc) is 2.31. The Balaban J connectivity index is 1.78. The van der Waals surface area contributed by atoms with Crippen LogP contribution in [0.5, 0.6) is 0 Å². The molecular formula is C13H25N3. The zero-order valence-corrected chi connectivity index (χ0v) is 10.7. The Morgan fingerprint density at radius 1 is 1.25 bits per heavy atom. The largest absolute Gasteiger partial charge is 0.314 e. The first-order chi connectivity index (χ1) is 7.75. The first-order valence-corrected chi connectivity index (χ1v) is 6.61. The molecule has 2 rings (SSSR count). The summed E-state index contributed by atoms with van der Waals surface area (Å²) >= 11 is 0. The molecule has 92 valence electrons. The molecule has 0 amide bonds. The Labute approximate surface area is 99.5 Å². The molecule has 0 unspecified atom stereocenters. The molecule has 1 saturated heterocycles. The van der Waals surface area contributed by atoms with E-state index in [1.54, 1.807) is 5.57 Å². The molecule has 3 nitrogen and oxygen atoms in total. The smallest absolute Gasteiger partial charge is 0.0194 e. The Hall–Kier alpha value is -0.380. The molecular weight excluding hydrogens is 198 g/mol. The van der Waals surface area contributed by atoms with E-state index in [2.05, 4.69) is 35.0 Å². The van der Waals surface area contributed by atoms with Crippen molar-refractivity contribution in [2.45, 2.75) is 26.3 Å². The number of piperazine rings is 1. The molecule has 0 aliphatic carbocycles. The molecule has 0 aromatic carbocycles. The van der Waals surface area contributed by atoms with Crippen molar-refractivity contribution in [3.63, 3.8) is 0 Å². The molecule has 2 aliphatic heterocycles. The van der Waals surface area contributed by atoms with E-state index in [1.165, 1.54) is 32.6 Å². The number of rotatable bonds is 3. The van der Waals surface area contributed by atoms with Gasteiger partial charge in [0.15, 0.2) is 0 Å². The maximum absolute atomic E-state index is 3.40. The maximum Gasteiger partial charge on any atom is 0.0194 e. The summed E-state index contributed by atoms with van der Waals surface area (Å²) in [6, 6.07) is 0.692. The minimum Gasteiger partial charge on any atom is -0.314 e. The number of nitrogens with one attached hydrogen (secondary N) is 1. The summed E-state index contributed by atoms with van der Waals surface area (Å²) in [4.78, 5) is 5.12. The van der Waals surface area contributed by atoms with Gasteiger partial charge in [-0.3, -0.25) is 9.80 Å². The third-order valence-corrected chi connectivity index (χ3v) is 3.70. The predicted molar refractivity (Wildman–Crippen MR) is 68.7 cm³/mol. The zero-order valence-electron chi connectivity index (χ0n) is 10.7. The van der Waals surface area contributed by atoms with Crippen LogP contribution in [-0.2, 0) is 0 Å². The molecule has 3 heteroatoms. The molecule has 0 spiro atoms. The van der Waals surface area contributed by atoms with Crippen molar-refractivity contribution in [2.75, 3.05) is 45.8 Å². The third kappa shape index (κ3) is 3.30. The minimum atomic E-state index is 0.692. The molecule has 0 saturated carbocycles. The van der Waals surface area contributed by atoms with Crippen LogP contribution < -0.4 is 5.32 Å². The van der Waals surface area contributed by atoms with Crippen LogP contribution in [0.25, 0.3) is 0 Å². The fraction of sp³-hybridized carbons (Fsp3) is 0.846. The quantitative estimate of drug-likeness (QED) is 0.718. The van der Waals surface area contributed by atoms with Crippen molar-refractivity contribution < 1.29 is 0 Å². The van der Waals surface area contributed by atoms with Gasteiger partial charge in [-0.25, -0.2) is 0 Å². The molecule has 16 heavy (non-hydrogen) atoms. The Morgan fingerprint density at radius 3 is 2.56 bits per heavy atom. The monoisotopic (exact) mass is 223 g/mol. The lowest BCUT2D eigenvalue weighted by atomic mass is 10.1. The number of nitrogens with zero attached hydrogens (tertiary/aromatic N) is 2. The van der Waals surface area contributed by atoms with Gasteiger partial charge in [0.2, 0.25) is 0 Å². The second-order valence-corrected chi connectivity index (χ2v) is 5.23. The van der Waals surface area contributed by atoms with E-state index >= 15 is 0 Å². The SMILES string of the molecule is CC(C)N1CC=C(CN2CCNCC2)CC1. The summed E-state index contributed by atoms with van der Waals surface area (Å²) in [5, 5.41) is 3.40. The first kappa shape index (κ1) is 12.1. The van der Waals surface area contributed by atoms with Gasteiger partial charge in [0.05, 0.1) is 0 Å². The minimum absolute atomic E-state index is 0.692. The Morgan fingerprint density at radius 2 is 2.00 bits per heavy atom. The summed E-state index contributed by atoms with van der Waals surface area (Å²) in [7, 11) is 0. The molecule has 0 bridgehead atoms. The lowest BCUT2D eigenvalue weighted by Gasteiger charge is -2.33. The normalized spacial score (nSPS) is 24.8. The number of hydrogen-bond acceptors (Lipinski definition) is 3. The van der Waals surface area contributed by atoms with Gasteiger partial charge >= 0.3 is 0 Å². The van der Waals surface area contributed by atoms with Gasteiger partial charge in [-0.2, -0.15) is 0 Å². The maximum atomic E-state index is 3.40. The van der Waals surface area contributed by atoms with Crippen molar-refractivity contribution in [2.24, 2.45) is 0 Å². The summed E-state index contributed by atoms with van der Waals surface area (Å²) < 4.78 is 0. The van der Waals surface area contributed by atoms with Crippen LogP contribution in [0.2, 0.25) is 0 Å². The lowest BCUT2D eigenvalue weighted by molar-refractivity contribution is 0.222. The van der Waals surface area contributed by atoms with Crippen LogP contribution in [0, 0.1) is 0 Å². The summed E-state index contributed by atoms with van der Waals surface area (Å²) in [6.45, 7) is 12.9. The topological polar surface area (TPSA) is 18.5 Å². The molecule has 0 aromatic heterocycles. The van der Waals surface area contributed by atoms with E-state index in [4.69, 9.17) is 0 Å². The molecule has 1 N–H and O–H groups in total. The Kier molecular flexibility index (Phi) is 4.38. The van der Waals surface area contributed by atoms with Crippen LogP contribution in [-0.4, -0.2) is 61.7 Å². The second kappa shape index (κ2) is 5.80. The van der Waals surface area contributed by atoms with Crippen LogP contribution in [0.15, 0.2) is 11.6 Å². The van der Waals surface area contributed by atoms with Crippen LogP contribution in [0.4, 0.5) is 0 Å². The van der Waals surface area contributed by atoms with Gasteiger partial charge in [0, 0.05) is 51.9 Å². The molecule has 0 radical (unpaired) electrons. The lowest BCUT2D eigenvalue weighted by Crippen LogP contribution is -2.45. The highest BCUT2D eigenvalue weighted by Crippen LogP contribution is 2.14. The van der Waals surface area contributed by atoms with E-state index in [-0.39, 0.29) is 0 Å². The third-order valence-electron chi connectivity index (χ3n) is 3.70. The zero-order chi connectivity index (χ0) is 11.4. The predicted octanol–water partition coefficient (Wildman–Crippen LogP) is 0.932. The van der Waals surface area contributed by atoms with E-state index in [9.17, 15) is 0 Å². The van der Waals surface area contributed by atoms with Gasteiger partial charge in [-0.05, 0) is 20.3 Å². The molecule has 2 aliphatic rings. The summed E-state index contributed by atoms with van der Waals surface area (Å²) in [5.74, 6) is 0. The fourth-order valence-corrected chi connectivity index (χ4v) is 2.50. The van der Waals surface area contributed by atoms with Gasteiger partial charge in [0.25, 0.3) is 0 Å².